The Balaban J connectivity index is 1.64. The van der Waals surface area contributed by atoms with Crippen LogP contribution in [0.5, 0.6) is 0 Å². The van der Waals surface area contributed by atoms with E-state index in [2.05, 4.69) is 0 Å². The van der Waals surface area contributed by atoms with Crippen LogP contribution in [-0.2, 0) is 17.9 Å². The van der Waals surface area contributed by atoms with Gasteiger partial charge in [0, 0.05) is 12.5 Å². The highest BCUT2D eigenvalue weighted by Crippen LogP contribution is 2.32. The van der Waals surface area contributed by atoms with Crippen molar-refractivity contribution < 1.29 is 13.6 Å². The molecule has 0 bridgehead atoms. The van der Waals surface area contributed by atoms with Gasteiger partial charge in [-0.1, -0.05) is 24.3 Å². The zero-order valence-electron chi connectivity index (χ0n) is 14.2. The topological polar surface area (TPSA) is 50.5 Å². The predicted molar refractivity (Wildman–Crippen MR) is 95.9 cm³/mol. The highest BCUT2D eigenvalue weighted by atomic mass is 19.1. The minimum absolute atomic E-state index is 0.0295. The van der Waals surface area contributed by atoms with Crippen LogP contribution in [0.4, 0.5) is 4.39 Å². The highest BCUT2D eigenvalue weighted by molar-refractivity contribution is 5.81. The predicted octanol–water partition coefficient (Wildman–Crippen LogP) is 3.87. The molecule has 1 saturated carbocycles. The van der Waals surface area contributed by atoms with Crippen LogP contribution >= 0.6 is 0 Å². The van der Waals surface area contributed by atoms with E-state index in [-0.39, 0.29) is 29.6 Å². The third-order valence-corrected chi connectivity index (χ3v) is 4.64. The van der Waals surface area contributed by atoms with Crippen LogP contribution in [0.15, 0.2) is 64.0 Å². The molecule has 1 aliphatic carbocycles. The molecule has 0 saturated heterocycles. The summed E-state index contributed by atoms with van der Waals surface area (Å²) in [4.78, 5) is 27.1. The summed E-state index contributed by atoms with van der Waals surface area (Å²) in [6, 6.07) is 13.1. The number of fused-ring (bicyclic) bond motifs is 1. The fraction of sp³-hybridized carbons (Fsp3) is 0.238. The normalized spacial score (nSPS) is 13.7. The number of carbonyl (C=O) groups excluding carboxylic acids is 1. The van der Waals surface area contributed by atoms with Crippen molar-refractivity contribution in [1.82, 2.24) is 4.90 Å². The SMILES string of the molecule is O=C(C1CC1)N(Cc1ccc(F)cc1)Cc1coc2ccccc2c1=O. The standard InChI is InChI=1S/C21H18FNO3/c22-17-9-5-14(6-10-17)11-23(21(25)15-7-8-15)12-16-13-26-19-4-2-1-3-18(19)20(16)24/h1-6,9-10,13,15H,7-8,11-12H2. The van der Waals surface area contributed by atoms with Crippen LogP contribution in [0.1, 0.15) is 24.0 Å². The number of rotatable bonds is 5. The molecule has 1 aliphatic rings. The van der Waals surface area contributed by atoms with Gasteiger partial charge in [0.1, 0.15) is 11.4 Å². The van der Waals surface area contributed by atoms with Gasteiger partial charge >= 0.3 is 0 Å². The average molecular weight is 351 g/mol. The maximum atomic E-state index is 13.1. The molecule has 1 fully saturated rings. The number of carbonyl (C=O) groups is 1. The Bertz CT molecular complexity index is 1010. The Morgan fingerprint density at radius 1 is 1.08 bits per heavy atom. The van der Waals surface area contributed by atoms with Gasteiger partial charge in [0.25, 0.3) is 0 Å². The number of amides is 1. The van der Waals surface area contributed by atoms with Crippen molar-refractivity contribution in [1.29, 1.82) is 0 Å². The van der Waals surface area contributed by atoms with Crippen molar-refractivity contribution in [3.05, 3.63) is 82.0 Å². The van der Waals surface area contributed by atoms with Gasteiger partial charge in [-0.05, 0) is 42.7 Å². The van der Waals surface area contributed by atoms with Crippen LogP contribution in [0.25, 0.3) is 11.0 Å². The molecule has 4 rings (SSSR count). The van der Waals surface area contributed by atoms with Crippen molar-refractivity contribution >= 4 is 16.9 Å². The highest BCUT2D eigenvalue weighted by Gasteiger charge is 2.33. The minimum atomic E-state index is -0.316. The summed E-state index contributed by atoms with van der Waals surface area (Å²) in [6.07, 6.45) is 3.19. The molecule has 0 spiro atoms. The maximum Gasteiger partial charge on any atom is 0.226 e. The molecule has 26 heavy (non-hydrogen) atoms. The summed E-state index contributed by atoms with van der Waals surface area (Å²) in [5.74, 6) is -0.256. The first kappa shape index (κ1) is 16.5. The van der Waals surface area contributed by atoms with E-state index in [1.54, 1.807) is 35.2 Å². The lowest BCUT2D eigenvalue weighted by Crippen LogP contribution is -2.33. The molecule has 0 aliphatic heterocycles. The molecular formula is C21H18FNO3. The van der Waals surface area contributed by atoms with Crippen LogP contribution in [0.3, 0.4) is 0 Å². The summed E-state index contributed by atoms with van der Waals surface area (Å²) >= 11 is 0. The number of halogens is 1. The van der Waals surface area contributed by atoms with Gasteiger partial charge in [-0.3, -0.25) is 9.59 Å². The zero-order valence-corrected chi connectivity index (χ0v) is 14.2. The molecule has 2 aromatic carbocycles. The van der Waals surface area contributed by atoms with E-state index >= 15 is 0 Å². The molecular weight excluding hydrogens is 333 g/mol. The molecule has 0 N–H and O–H groups in total. The summed E-state index contributed by atoms with van der Waals surface area (Å²) in [5.41, 5.74) is 1.67. The van der Waals surface area contributed by atoms with Gasteiger partial charge < -0.3 is 9.32 Å². The number of para-hydroxylation sites is 1. The van der Waals surface area contributed by atoms with Gasteiger partial charge in [0.05, 0.1) is 23.8 Å². The fourth-order valence-corrected chi connectivity index (χ4v) is 3.04. The molecule has 4 nitrogen and oxygen atoms in total. The summed E-state index contributed by atoms with van der Waals surface area (Å²) in [7, 11) is 0. The van der Waals surface area contributed by atoms with E-state index in [0.717, 1.165) is 18.4 Å². The van der Waals surface area contributed by atoms with Crippen LogP contribution in [0, 0.1) is 11.7 Å². The molecule has 1 heterocycles. The molecule has 0 atom stereocenters. The first-order valence-corrected chi connectivity index (χ1v) is 8.64. The monoisotopic (exact) mass is 351 g/mol. The fourth-order valence-electron chi connectivity index (χ4n) is 3.04. The largest absolute Gasteiger partial charge is 0.464 e. The molecule has 132 valence electrons. The lowest BCUT2D eigenvalue weighted by Gasteiger charge is -2.22. The van der Waals surface area contributed by atoms with Crippen molar-refractivity contribution in [3.63, 3.8) is 0 Å². The van der Waals surface area contributed by atoms with Crippen molar-refractivity contribution in [3.8, 4) is 0 Å². The zero-order chi connectivity index (χ0) is 18.1. The second-order valence-corrected chi connectivity index (χ2v) is 6.68. The molecule has 0 radical (unpaired) electrons. The maximum absolute atomic E-state index is 13.1. The van der Waals surface area contributed by atoms with Gasteiger partial charge in [-0.2, -0.15) is 0 Å². The number of hydrogen-bond donors (Lipinski definition) is 0. The van der Waals surface area contributed by atoms with E-state index in [1.165, 1.54) is 18.4 Å². The smallest absolute Gasteiger partial charge is 0.226 e. The van der Waals surface area contributed by atoms with Crippen LogP contribution in [-0.4, -0.2) is 10.8 Å². The average Bonchev–Trinajstić information content (AvgIpc) is 3.50. The molecule has 1 aromatic heterocycles. The number of benzene rings is 2. The summed E-state index contributed by atoms with van der Waals surface area (Å²) < 4.78 is 18.7. The molecule has 1 amide bonds. The lowest BCUT2D eigenvalue weighted by atomic mass is 10.1. The van der Waals surface area contributed by atoms with Crippen LogP contribution in [0.2, 0.25) is 0 Å². The van der Waals surface area contributed by atoms with E-state index in [4.69, 9.17) is 4.42 Å². The van der Waals surface area contributed by atoms with Gasteiger partial charge in [0.2, 0.25) is 5.91 Å². The molecule has 5 heteroatoms. The van der Waals surface area contributed by atoms with Gasteiger partial charge in [0.15, 0.2) is 5.43 Å². The number of nitrogens with zero attached hydrogens (tertiary/aromatic N) is 1. The first-order chi connectivity index (χ1) is 12.6. The van der Waals surface area contributed by atoms with Crippen LogP contribution < -0.4 is 5.43 Å². The lowest BCUT2D eigenvalue weighted by molar-refractivity contribution is -0.133. The van der Waals surface area contributed by atoms with E-state index in [9.17, 15) is 14.0 Å². The second-order valence-electron chi connectivity index (χ2n) is 6.68. The Morgan fingerprint density at radius 2 is 1.81 bits per heavy atom. The number of hydrogen-bond acceptors (Lipinski definition) is 3. The third-order valence-electron chi connectivity index (χ3n) is 4.64. The quantitative estimate of drug-likeness (QED) is 0.701. The minimum Gasteiger partial charge on any atom is -0.464 e. The van der Waals surface area contributed by atoms with E-state index in [1.807, 2.05) is 6.07 Å². The summed E-state index contributed by atoms with van der Waals surface area (Å²) in [6.45, 7) is 0.516. The molecule has 0 unspecified atom stereocenters. The van der Waals surface area contributed by atoms with Crippen molar-refractivity contribution in [2.24, 2.45) is 5.92 Å². The Morgan fingerprint density at radius 3 is 2.54 bits per heavy atom. The van der Waals surface area contributed by atoms with Gasteiger partial charge in [-0.15, -0.1) is 0 Å². The summed E-state index contributed by atoms with van der Waals surface area (Å²) in [5, 5.41) is 0.505. The Labute approximate surface area is 149 Å². The Hall–Kier alpha value is -2.95. The van der Waals surface area contributed by atoms with E-state index in [0.29, 0.717) is 23.1 Å². The van der Waals surface area contributed by atoms with Crippen molar-refractivity contribution in [2.75, 3.05) is 0 Å². The van der Waals surface area contributed by atoms with Gasteiger partial charge in [-0.25, -0.2) is 4.39 Å². The second kappa shape index (κ2) is 6.75. The van der Waals surface area contributed by atoms with E-state index < -0.39 is 0 Å². The molecule has 3 aromatic rings. The third kappa shape index (κ3) is 3.38. The first-order valence-electron chi connectivity index (χ1n) is 8.64. The Kier molecular flexibility index (Phi) is 4.29. The van der Waals surface area contributed by atoms with Crippen molar-refractivity contribution in [2.45, 2.75) is 25.9 Å².